The molecule has 4 N–H and O–H groups in total. The SMILES string of the molecule is NCN(N)c1ccncn1. The highest BCUT2D eigenvalue weighted by molar-refractivity contribution is 5.33. The summed E-state index contributed by atoms with van der Waals surface area (Å²) in [5.41, 5.74) is 5.24. The van der Waals surface area contributed by atoms with Crippen LogP contribution in [0.2, 0.25) is 0 Å². The maximum absolute atomic E-state index is 5.41. The highest BCUT2D eigenvalue weighted by atomic mass is 15.4. The van der Waals surface area contributed by atoms with E-state index in [-0.39, 0.29) is 6.67 Å². The van der Waals surface area contributed by atoms with Gasteiger partial charge in [0.1, 0.15) is 12.1 Å². The summed E-state index contributed by atoms with van der Waals surface area (Å²) >= 11 is 0. The summed E-state index contributed by atoms with van der Waals surface area (Å²) in [4.78, 5) is 7.59. The zero-order valence-electron chi connectivity index (χ0n) is 5.44. The molecule has 5 heteroatoms. The van der Waals surface area contributed by atoms with Gasteiger partial charge in [0.2, 0.25) is 0 Å². The molecule has 0 amide bonds. The van der Waals surface area contributed by atoms with Crippen LogP contribution in [0.25, 0.3) is 0 Å². The van der Waals surface area contributed by atoms with Crippen LogP contribution in [0.4, 0.5) is 5.82 Å². The molecule has 0 fully saturated rings. The van der Waals surface area contributed by atoms with Crippen molar-refractivity contribution in [1.29, 1.82) is 0 Å². The first kappa shape index (κ1) is 6.91. The minimum absolute atomic E-state index is 0.247. The number of nitrogens with zero attached hydrogens (tertiary/aromatic N) is 3. The quantitative estimate of drug-likeness (QED) is 0.314. The Balaban J connectivity index is 2.75. The van der Waals surface area contributed by atoms with Gasteiger partial charge in [-0.25, -0.2) is 15.8 Å². The molecule has 0 aliphatic heterocycles. The number of aromatic nitrogens is 2. The van der Waals surface area contributed by atoms with E-state index in [1.165, 1.54) is 11.3 Å². The second kappa shape index (κ2) is 3.09. The van der Waals surface area contributed by atoms with E-state index < -0.39 is 0 Å². The van der Waals surface area contributed by atoms with Gasteiger partial charge in [0.25, 0.3) is 0 Å². The Morgan fingerprint density at radius 2 is 2.40 bits per heavy atom. The molecule has 0 spiro atoms. The molecule has 5 nitrogen and oxygen atoms in total. The number of anilines is 1. The smallest absolute Gasteiger partial charge is 0.147 e. The molecule has 0 aliphatic rings. The van der Waals surface area contributed by atoms with Crippen LogP contribution in [0.1, 0.15) is 0 Å². The van der Waals surface area contributed by atoms with Crippen molar-refractivity contribution in [3.63, 3.8) is 0 Å². The van der Waals surface area contributed by atoms with E-state index in [1.54, 1.807) is 12.3 Å². The van der Waals surface area contributed by atoms with Crippen LogP contribution in [0.15, 0.2) is 18.6 Å². The Labute approximate surface area is 58.6 Å². The molecule has 1 rings (SSSR count). The Bertz CT molecular complexity index is 186. The van der Waals surface area contributed by atoms with Gasteiger partial charge in [-0.05, 0) is 0 Å². The highest BCUT2D eigenvalue weighted by Gasteiger charge is 1.96. The molecule has 1 heterocycles. The van der Waals surface area contributed by atoms with E-state index in [4.69, 9.17) is 11.6 Å². The van der Waals surface area contributed by atoms with Gasteiger partial charge in [-0.2, -0.15) is 0 Å². The van der Waals surface area contributed by atoms with Crippen LogP contribution in [0, 0.1) is 0 Å². The van der Waals surface area contributed by atoms with Crippen LogP contribution >= 0.6 is 0 Å². The molecule has 0 aliphatic carbocycles. The number of rotatable bonds is 2. The molecule has 0 radical (unpaired) electrons. The van der Waals surface area contributed by atoms with Gasteiger partial charge in [-0.15, -0.1) is 0 Å². The summed E-state index contributed by atoms with van der Waals surface area (Å²) < 4.78 is 0. The maximum atomic E-state index is 5.41. The van der Waals surface area contributed by atoms with E-state index in [0.29, 0.717) is 5.82 Å². The van der Waals surface area contributed by atoms with Crippen molar-refractivity contribution in [2.45, 2.75) is 0 Å². The summed E-state index contributed by atoms with van der Waals surface area (Å²) in [7, 11) is 0. The Hall–Kier alpha value is -1.20. The summed E-state index contributed by atoms with van der Waals surface area (Å²) in [5.74, 6) is 6.04. The van der Waals surface area contributed by atoms with Crippen LogP contribution in [0.3, 0.4) is 0 Å². The highest BCUT2D eigenvalue weighted by Crippen LogP contribution is 1.99. The Kier molecular flexibility index (Phi) is 2.14. The fourth-order valence-corrected chi connectivity index (χ4v) is 0.547. The normalized spacial score (nSPS) is 9.40. The molecule has 0 bridgehead atoms. The standard InChI is InChI=1S/C5H9N5/c6-3-10(7)5-1-2-8-4-9-5/h1-2,4H,3,6-7H2. The Morgan fingerprint density at radius 1 is 1.60 bits per heavy atom. The molecule has 0 atom stereocenters. The molecule has 0 saturated carbocycles. The number of nitrogens with two attached hydrogens (primary N) is 2. The summed E-state index contributed by atoms with van der Waals surface area (Å²) in [6.07, 6.45) is 3.03. The van der Waals surface area contributed by atoms with Crippen molar-refractivity contribution in [2.24, 2.45) is 11.6 Å². The van der Waals surface area contributed by atoms with E-state index in [9.17, 15) is 0 Å². The summed E-state index contributed by atoms with van der Waals surface area (Å²) in [6.45, 7) is 0.247. The van der Waals surface area contributed by atoms with Gasteiger partial charge in [0, 0.05) is 12.3 Å². The Morgan fingerprint density at radius 3 is 2.90 bits per heavy atom. The summed E-state index contributed by atoms with van der Waals surface area (Å²) in [5, 5.41) is 1.34. The first-order valence-electron chi connectivity index (χ1n) is 2.83. The van der Waals surface area contributed by atoms with Crippen LogP contribution in [0.5, 0.6) is 0 Å². The third kappa shape index (κ3) is 1.40. The number of hydrazine groups is 1. The van der Waals surface area contributed by atoms with E-state index >= 15 is 0 Å². The second-order valence-corrected chi connectivity index (χ2v) is 1.72. The van der Waals surface area contributed by atoms with Crippen molar-refractivity contribution in [1.82, 2.24) is 9.97 Å². The van der Waals surface area contributed by atoms with Crippen LogP contribution in [-0.4, -0.2) is 16.6 Å². The largest absolute Gasteiger partial charge is 0.313 e. The molecule has 1 aromatic heterocycles. The van der Waals surface area contributed by atoms with E-state index in [0.717, 1.165) is 0 Å². The first-order chi connectivity index (χ1) is 4.84. The van der Waals surface area contributed by atoms with Gasteiger partial charge in [-0.3, -0.25) is 5.01 Å². The van der Waals surface area contributed by atoms with Gasteiger partial charge in [-0.1, -0.05) is 0 Å². The van der Waals surface area contributed by atoms with Gasteiger partial charge >= 0.3 is 0 Å². The lowest BCUT2D eigenvalue weighted by Crippen LogP contribution is -2.36. The fraction of sp³-hybridized carbons (Fsp3) is 0.200. The van der Waals surface area contributed by atoms with Crippen LogP contribution in [-0.2, 0) is 0 Å². The maximum Gasteiger partial charge on any atom is 0.147 e. The summed E-state index contributed by atoms with van der Waals surface area (Å²) in [6, 6.07) is 1.69. The lowest BCUT2D eigenvalue weighted by molar-refractivity contribution is 0.839. The average molecular weight is 139 g/mol. The molecule has 0 aromatic carbocycles. The molecular weight excluding hydrogens is 130 g/mol. The monoisotopic (exact) mass is 139 g/mol. The predicted molar refractivity (Wildman–Crippen MR) is 37.8 cm³/mol. The predicted octanol–water partition coefficient (Wildman–Crippen LogP) is -0.927. The van der Waals surface area contributed by atoms with Crippen molar-refractivity contribution >= 4 is 5.82 Å². The lowest BCUT2D eigenvalue weighted by atomic mass is 10.6. The van der Waals surface area contributed by atoms with Crippen molar-refractivity contribution in [2.75, 3.05) is 11.7 Å². The lowest BCUT2D eigenvalue weighted by Gasteiger charge is -2.12. The molecule has 0 saturated heterocycles. The van der Waals surface area contributed by atoms with E-state index in [1.807, 2.05) is 0 Å². The first-order valence-corrected chi connectivity index (χ1v) is 2.83. The zero-order chi connectivity index (χ0) is 7.40. The minimum atomic E-state index is 0.247. The second-order valence-electron chi connectivity index (χ2n) is 1.72. The minimum Gasteiger partial charge on any atom is -0.313 e. The number of hydrogen-bond donors (Lipinski definition) is 2. The third-order valence-corrected chi connectivity index (χ3v) is 1.06. The number of hydrogen-bond acceptors (Lipinski definition) is 5. The average Bonchev–Trinajstić information content (AvgIpc) is 2.05. The zero-order valence-corrected chi connectivity index (χ0v) is 5.44. The van der Waals surface area contributed by atoms with Gasteiger partial charge < -0.3 is 5.73 Å². The fourth-order valence-electron chi connectivity index (χ4n) is 0.547. The molecule has 1 aromatic rings. The van der Waals surface area contributed by atoms with Crippen molar-refractivity contribution in [3.05, 3.63) is 18.6 Å². The third-order valence-electron chi connectivity index (χ3n) is 1.06. The van der Waals surface area contributed by atoms with Crippen molar-refractivity contribution < 1.29 is 0 Å². The topological polar surface area (TPSA) is 81.1 Å². The van der Waals surface area contributed by atoms with Crippen molar-refractivity contribution in [3.8, 4) is 0 Å². The molecule has 54 valence electrons. The van der Waals surface area contributed by atoms with Crippen LogP contribution < -0.4 is 16.6 Å². The molecular formula is C5H9N5. The van der Waals surface area contributed by atoms with Gasteiger partial charge in [0.05, 0.1) is 6.67 Å². The van der Waals surface area contributed by atoms with E-state index in [2.05, 4.69) is 9.97 Å². The molecule has 10 heavy (non-hydrogen) atoms. The van der Waals surface area contributed by atoms with Gasteiger partial charge in [0.15, 0.2) is 0 Å². The molecule has 0 unspecified atom stereocenters.